The molecular weight excluding hydrogens is 263 g/mol. The number of nitrogens with two attached hydrogens (primary N) is 1. The molecule has 0 amide bonds. The van der Waals surface area contributed by atoms with E-state index in [4.69, 9.17) is 5.73 Å². The maximum atomic E-state index is 13.2. The van der Waals surface area contributed by atoms with Gasteiger partial charge in [-0.15, -0.1) is 5.10 Å². The number of hydrogen-bond donors (Lipinski definition) is 1. The number of halogens is 1. The molecule has 20 heavy (non-hydrogen) atoms. The van der Waals surface area contributed by atoms with Crippen molar-refractivity contribution in [3.63, 3.8) is 0 Å². The van der Waals surface area contributed by atoms with E-state index >= 15 is 0 Å². The summed E-state index contributed by atoms with van der Waals surface area (Å²) in [5.74, 6) is -0.243. The molecule has 0 spiro atoms. The van der Waals surface area contributed by atoms with Gasteiger partial charge in [0, 0.05) is 11.3 Å². The fraction of sp³-hybridized carbons (Fsp3) is 0.308. The van der Waals surface area contributed by atoms with Crippen molar-refractivity contribution in [3.8, 4) is 5.69 Å². The van der Waals surface area contributed by atoms with Crippen LogP contribution < -0.4 is 5.73 Å². The van der Waals surface area contributed by atoms with Crippen molar-refractivity contribution >= 4 is 11.5 Å². The first-order valence-electron chi connectivity index (χ1n) is 6.38. The molecule has 2 aromatic rings. The fourth-order valence-electron chi connectivity index (χ4n) is 2.65. The van der Waals surface area contributed by atoms with E-state index in [-0.39, 0.29) is 11.4 Å². The number of rotatable bonds is 2. The molecule has 0 bridgehead atoms. The van der Waals surface area contributed by atoms with Crippen molar-refractivity contribution in [3.05, 3.63) is 45.4 Å². The molecule has 1 aromatic carbocycles. The van der Waals surface area contributed by atoms with E-state index in [1.807, 2.05) is 0 Å². The molecule has 0 aliphatic heterocycles. The largest absolute Gasteiger partial charge is 0.382 e. The molecule has 2 N–H and O–H groups in total. The van der Waals surface area contributed by atoms with Gasteiger partial charge in [-0.1, -0.05) is 0 Å². The molecule has 1 aliphatic rings. The summed E-state index contributed by atoms with van der Waals surface area (Å²) in [7, 11) is 0. The van der Waals surface area contributed by atoms with Gasteiger partial charge in [0.05, 0.1) is 11.0 Å². The number of benzene rings is 1. The lowest BCUT2D eigenvalue weighted by atomic mass is 9.97. The van der Waals surface area contributed by atoms with Crippen molar-refractivity contribution < 1.29 is 9.31 Å². The number of nitro groups is 1. The predicted octanol–water partition coefficient (Wildman–Crippen LogP) is 2.38. The topological polar surface area (TPSA) is 87.0 Å². The minimum atomic E-state index is -0.644. The van der Waals surface area contributed by atoms with Gasteiger partial charge in [0.15, 0.2) is 0 Å². The van der Waals surface area contributed by atoms with Crippen molar-refractivity contribution in [1.82, 2.24) is 9.78 Å². The van der Waals surface area contributed by atoms with E-state index in [0.717, 1.165) is 43.0 Å². The molecule has 0 fully saturated rings. The first-order chi connectivity index (χ1) is 9.58. The molecule has 1 aromatic heterocycles. The quantitative estimate of drug-likeness (QED) is 0.673. The summed E-state index contributed by atoms with van der Waals surface area (Å²) >= 11 is 0. The minimum absolute atomic E-state index is 0.256. The second kappa shape index (κ2) is 4.59. The van der Waals surface area contributed by atoms with Gasteiger partial charge >= 0.3 is 0 Å². The zero-order valence-corrected chi connectivity index (χ0v) is 10.7. The number of hydrogen-bond acceptors (Lipinski definition) is 4. The van der Waals surface area contributed by atoms with Gasteiger partial charge in [-0.05, 0) is 37.8 Å². The van der Waals surface area contributed by atoms with Gasteiger partial charge in [0.1, 0.15) is 17.3 Å². The average Bonchev–Trinajstić information content (AvgIpc) is 2.77. The summed E-state index contributed by atoms with van der Waals surface area (Å²) in [6.07, 6.45) is 3.63. The summed E-state index contributed by atoms with van der Waals surface area (Å²) in [4.78, 5) is 10.5. The molecule has 0 radical (unpaired) electrons. The molecule has 3 rings (SSSR count). The molecule has 1 heterocycles. The average molecular weight is 276 g/mol. The molecular formula is C13H13FN4O2. The number of anilines is 1. The first kappa shape index (κ1) is 12.6. The normalized spacial score (nSPS) is 14.1. The standard InChI is InChI=1S/C13H13FN4O2/c14-8-5-6-11(12(7-8)18(19)20)17-10-4-2-1-3-9(10)13(15)16-17/h5-7H,1-4H2,(H2,15,16). The molecule has 0 atom stereocenters. The molecule has 0 unspecified atom stereocenters. The van der Waals surface area contributed by atoms with Gasteiger partial charge in [-0.25, -0.2) is 9.07 Å². The number of aromatic nitrogens is 2. The second-order valence-corrected chi connectivity index (χ2v) is 4.82. The van der Waals surface area contributed by atoms with Crippen molar-refractivity contribution in [2.24, 2.45) is 0 Å². The number of fused-ring (bicyclic) bond motifs is 1. The Hall–Kier alpha value is -2.44. The van der Waals surface area contributed by atoms with Crippen LogP contribution >= 0.6 is 0 Å². The van der Waals surface area contributed by atoms with E-state index in [0.29, 0.717) is 5.82 Å². The molecule has 0 saturated heterocycles. The lowest BCUT2D eigenvalue weighted by Crippen LogP contribution is -2.09. The van der Waals surface area contributed by atoms with Gasteiger partial charge in [0.2, 0.25) is 0 Å². The number of nitro benzene ring substituents is 1. The SMILES string of the molecule is Nc1nn(-c2ccc(F)cc2[N+](=O)[O-])c2c1CCCC2. The highest BCUT2D eigenvalue weighted by Gasteiger charge is 2.24. The van der Waals surface area contributed by atoms with E-state index < -0.39 is 10.7 Å². The van der Waals surface area contributed by atoms with Crippen molar-refractivity contribution in [1.29, 1.82) is 0 Å². The third-order valence-electron chi connectivity index (χ3n) is 3.57. The van der Waals surface area contributed by atoms with Gasteiger partial charge < -0.3 is 5.73 Å². The molecule has 104 valence electrons. The van der Waals surface area contributed by atoms with Crippen LogP contribution in [0.4, 0.5) is 15.9 Å². The lowest BCUT2D eigenvalue weighted by Gasteiger charge is -2.13. The molecule has 6 nitrogen and oxygen atoms in total. The van der Waals surface area contributed by atoms with Crippen LogP contribution in [-0.2, 0) is 12.8 Å². The number of nitrogens with zero attached hydrogens (tertiary/aromatic N) is 3. The van der Waals surface area contributed by atoms with Gasteiger partial charge in [-0.2, -0.15) is 0 Å². The Morgan fingerprint density at radius 1 is 1.35 bits per heavy atom. The number of nitrogen functional groups attached to an aromatic ring is 1. The Kier molecular flexibility index (Phi) is 2.89. The van der Waals surface area contributed by atoms with Gasteiger partial charge in [-0.3, -0.25) is 10.1 Å². The fourth-order valence-corrected chi connectivity index (χ4v) is 2.65. The Balaban J connectivity index is 2.21. The summed E-state index contributed by atoms with van der Waals surface area (Å²) in [6.45, 7) is 0. The second-order valence-electron chi connectivity index (χ2n) is 4.82. The monoisotopic (exact) mass is 276 g/mol. The molecule has 1 aliphatic carbocycles. The van der Waals surface area contributed by atoms with E-state index in [1.165, 1.54) is 16.8 Å². The van der Waals surface area contributed by atoms with Crippen LogP contribution in [-0.4, -0.2) is 14.7 Å². The highest BCUT2D eigenvalue weighted by Crippen LogP contribution is 2.31. The Labute approximate surface area is 114 Å². The highest BCUT2D eigenvalue weighted by atomic mass is 19.1. The van der Waals surface area contributed by atoms with Crippen molar-refractivity contribution in [2.75, 3.05) is 5.73 Å². The van der Waals surface area contributed by atoms with Crippen LogP contribution in [0.15, 0.2) is 18.2 Å². The van der Waals surface area contributed by atoms with Crippen LogP contribution in [0.25, 0.3) is 5.69 Å². The van der Waals surface area contributed by atoms with Crippen LogP contribution in [0.1, 0.15) is 24.1 Å². The summed E-state index contributed by atoms with van der Waals surface area (Å²) in [5, 5.41) is 15.3. The minimum Gasteiger partial charge on any atom is -0.382 e. The zero-order valence-electron chi connectivity index (χ0n) is 10.7. The Morgan fingerprint density at radius 3 is 2.85 bits per heavy atom. The third-order valence-corrected chi connectivity index (χ3v) is 3.57. The summed E-state index contributed by atoms with van der Waals surface area (Å²) in [5.41, 5.74) is 7.68. The highest BCUT2D eigenvalue weighted by molar-refractivity contribution is 5.56. The first-order valence-corrected chi connectivity index (χ1v) is 6.38. The van der Waals surface area contributed by atoms with E-state index in [2.05, 4.69) is 5.10 Å². The van der Waals surface area contributed by atoms with Crippen LogP contribution in [0.5, 0.6) is 0 Å². The van der Waals surface area contributed by atoms with Crippen LogP contribution in [0.2, 0.25) is 0 Å². The van der Waals surface area contributed by atoms with Crippen LogP contribution in [0.3, 0.4) is 0 Å². The summed E-state index contributed by atoms with van der Waals surface area (Å²) < 4.78 is 14.7. The zero-order chi connectivity index (χ0) is 14.3. The predicted molar refractivity (Wildman–Crippen MR) is 71.2 cm³/mol. The smallest absolute Gasteiger partial charge is 0.297 e. The van der Waals surface area contributed by atoms with Crippen LogP contribution in [0, 0.1) is 15.9 Å². The molecule has 0 saturated carbocycles. The van der Waals surface area contributed by atoms with Crippen molar-refractivity contribution in [2.45, 2.75) is 25.7 Å². The Morgan fingerprint density at radius 2 is 2.10 bits per heavy atom. The maximum absolute atomic E-state index is 13.2. The van der Waals surface area contributed by atoms with E-state index in [9.17, 15) is 14.5 Å². The summed E-state index contributed by atoms with van der Waals surface area (Å²) in [6, 6.07) is 3.46. The van der Waals surface area contributed by atoms with Gasteiger partial charge in [0.25, 0.3) is 5.69 Å². The molecule has 7 heteroatoms. The Bertz CT molecular complexity index is 696. The third kappa shape index (κ3) is 1.91. The maximum Gasteiger partial charge on any atom is 0.297 e. The lowest BCUT2D eigenvalue weighted by molar-refractivity contribution is -0.384. The van der Waals surface area contributed by atoms with E-state index in [1.54, 1.807) is 0 Å².